The molecule has 1 atom stereocenters. The Morgan fingerprint density at radius 1 is 1.15 bits per heavy atom. The van der Waals surface area contributed by atoms with E-state index in [2.05, 4.69) is 15.9 Å². The van der Waals surface area contributed by atoms with Crippen LogP contribution in [0.1, 0.15) is 25.7 Å². The van der Waals surface area contributed by atoms with Crippen molar-refractivity contribution in [3.63, 3.8) is 0 Å². The van der Waals surface area contributed by atoms with E-state index in [4.69, 9.17) is 16.3 Å². The maximum absolute atomic E-state index is 6.40. The van der Waals surface area contributed by atoms with Gasteiger partial charge in [-0.25, -0.2) is 0 Å². The molecule has 2 saturated heterocycles. The summed E-state index contributed by atoms with van der Waals surface area (Å²) in [6.45, 7) is 4.67. The molecule has 0 bridgehead atoms. The zero-order valence-corrected chi connectivity index (χ0v) is 12.9. The third kappa shape index (κ3) is 2.89. The van der Waals surface area contributed by atoms with Gasteiger partial charge in [0.25, 0.3) is 0 Å². The molecule has 0 radical (unpaired) electrons. The van der Waals surface area contributed by atoms with Gasteiger partial charge in [-0.15, -0.1) is 0 Å². The Balaban J connectivity index is 1.82. The molecule has 2 aliphatic rings. The third-order valence-electron chi connectivity index (χ3n) is 4.55. The molecule has 20 heavy (non-hydrogen) atoms. The molecule has 0 N–H and O–H groups in total. The van der Waals surface area contributed by atoms with Crippen LogP contribution >= 0.6 is 11.6 Å². The monoisotopic (exact) mass is 294 g/mol. The minimum absolute atomic E-state index is 0.688. The van der Waals surface area contributed by atoms with Crippen molar-refractivity contribution in [2.75, 3.05) is 38.2 Å². The smallest absolute Gasteiger partial charge is 0.121 e. The van der Waals surface area contributed by atoms with E-state index in [1.807, 2.05) is 12.1 Å². The highest BCUT2D eigenvalue weighted by Crippen LogP contribution is 2.32. The van der Waals surface area contributed by atoms with Crippen LogP contribution in [0.15, 0.2) is 18.2 Å². The van der Waals surface area contributed by atoms with Crippen molar-refractivity contribution in [3.8, 4) is 5.75 Å². The Morgan fingerprint density at radius 2 is 2.00 bits per heavy atom. The van der Waals surface area contributed by atoms with Crippen molar-refractivity contribution in [2.45, 2.75) is 31.7 Å². The molecule has 0 aliphatic carbocycles. The minimum Gasteiger partial charge on any atom is -0.497 e. The van der Waals surface area contributed by atoms with Crippen LogP contribution in [0.3, 0.4) is 0 Å². The lowest BCUT2D eigenvalue weighted by Gasteiger charge is -2.36. The number of methoxy groups -OCH3 is 1. The van der Waals surface area contributed by atoms with E-state index in [1.54, 1.807) is 7.11 Å². The van der Waals surface area contributed by atoms with Gasteiger partial charge in [0.1, 0.15) is 5.75 Å². The average Bonchev–Trinajstić information content (AvgIpc) is 2.70. The molecule has 1 unspecified atom stereocenters. The summed E-state index contributed by atoms with van der Waals surface area (Å²) in [6, 6.07) is 6.63. The standard InChI is InChI=1S/C16H23ClN2O/c1-20-14-6-7-15(17)16(11-14)19-10-4-9-18-8-3-2-5-13(18)12-19/h6-7,11,13H,2-5,8-10,12H2,1H3. The summed E-state index contributed by atoms with van der Waals surface area (Å²) in [5.74, 6) is 0.883. The first-order valence-corrected chi connectivity index (χ1v) is 7.98. The van der Waals surface area contributed by atoms with E-state index in [0.717, 1.165) is 29.5 Å². The lowest BCUT2D eigenvalue weighted by atomic mass is 10.0. The fraction of sp³-hybridized carbons (Fsp3) is 0.625. The van der Waals surface area contributed by atoms with Crippen LogP contribution in [0.4, 0.5) is 5.69 Å². The number of halogens is 1. The topological polar surface area (TPSA) is 15.7 Å². The molecular weight excluding hydrogens is 272 g/mol. The van der Waals surface area contributed by atoms with Crippen molar-refractivity contribution in [2.24, 2.45) is 0 Å². The van der Waals surface area contributed by atoms with Gasteiger partial charge < -0.3 is 9.64 Å². The summed E-state index contributed by atoms with van der Waals surface area (Å²) in [5, 5.41) is 0.829. The molecule has 0 aromatic heterocycles. The van der Waals surface area contributed by atoms with E-state index in [-0.39, 0.29) is 0 Å². The van der Waals surface area contributed by atoms with Crippen LogP contribution in [0, 0.1) is 0 Å². The summed E-state index contributed by atoms with van der Waals surface area (Å²) >= 11 is 6.40. The van der Waals surface area contributed by atoms with Crippen LogP contribution < -0.4 is 9.64 Å². The van der Waals surface area contributed by atoms with Crippen LogP contribution in [0.25, 0.3) is 0 Å². The van der Waals surface area contributed by atoms with Gasteiger partial charge in [0.2, 0.25) is 0 Å². The molecule has 2 aliphatic heterocycles. The summed E-state index contributed by atoms with van der Waals surface area (Å²) in [4.78, 5) is 5.11. The van der Waals surface area contributed by atoms with E-state index in [1.165, 1.54) is 38.8 Å². The Kier molecular flexibility index (Phi) is 4.37. The molecule has 0 amide bonds. The Hall–Kier alpha value is -0.930. The number of fused-ring (bicyclic) bond motifs is 1. The predicted octanol–water partition coefficient (Wildman–Crippen LogP) is 3.41. The molecule has 1 aromatic carbocycles. The highest BCUT2D eigenvalue weighted by Gasteiger charge is 2.27. The van der Waals surface area contributed by atoms with E-state index in [9.17, 15) is 0 Å². The Labute approximate surface area is 126 Å². The second kappa shape index (κ2) is 6.23. The molecule has 1 aromatic rings. The first-order chi connectivity index (χ1) is 9.78. The second-order valence-electron chi connectivity index (χ2n) is 5.80. The first kappa shape index (κ1) is 14.0. The normalized spacial score (nSPS) is 24.1. The predicted molar refractivity (Wildman–Crippen MR) is 84.0 cm³/mol. The van der Waals surface area contributed by atoms with Gasteiger partial charge in [-0.2, -0.15) is 0 Å². The summed E-state index contributed by atoms with van der Waals surface area (Å²) in [7, 11) is 1.71. The zero-order chi connectivity index (χ0) is 13.9. The fourth-order valence-electron chi connectivity index (χ4n) is 3.45. The fourth-order valence-corrected chi connectivity index (χ4v) is 3.69. The van der Waals surface area contributed by atoms with Gasteiger partial charge >= 0.3 is 0 Å². The molecule has 0 spiro atoms. The molecule has 2 fully saturated rings. The number of anilines is 1. The maximum atomic E-state index is 6.40. The van der Waals surface area contributed by atoms with Crippen molar-refractivity contribution in [1.82, 2.24) is 4.90 Å². The molecule has 2 heterocycles. The second-order valence-corrected chi connectivity index (χ2v) is 6.21. The minimum atomic E-state index is 0.688. The van der Waals surface area contributed by atoms with Gasteiger partial charge in [0, 0.05) is 31.7 Å². The highest BCUT2D eigenvalue weighted by molar-refractivity contribution is 6.33. The Bertz CT molecular complexity index is 466. The molecular formula is C16H23ClN2O. The van der Waals surface area contributed by atoms with E-state index in [0.29, 0.717) is 6.04 Å². The van der Waals surface area contributed by atoms with Gasteiger partial charge in [-0.3, -0.25) is 4.90 Å². The number of hydrogen-bond acceptors (Lipinski definition) is 3. The number of benzene rings is 1. The number of nitrogens with zero attached hydrogens (tertiary/aromatic N) is 2. The lowest BCUT2D eigenvalue weighted by Crippen LogP contribution is -2.44. The summed E-state index contributed by atoms with van der Waals surface area (Å²) in [5.41, 5.74) is 1.12. The largest absolute Gasteiger partial charge is 0.497 e. The number of ether oxygens (including phenoxy) is 1. The van der Waals surface area contributed by atoms with Crippen LogP contribution in [-0.4, -0.2) is 44.2 Å². The van der Waals surface area contributed by atoms with Crippen molar-refractivity contribution in [1.29, 1.82) is 0 Å². The van der Waals surface area contributed by atoms with Gasteiger partial charge in [-0.05, 0) is 37.9 Å². The summed E-state index contributed by atoms with van der Waals surface area (Å²) in [6.07, 6.45) is 5.25. The lowest BCUT2D eigenvalue weighted by molar-refractivity contribution is 0.162. The quantitative estimate of drug-likeness (QED) is 0.831. The molecule has 4 heteroatoms. The van der Waals surface area contributed by atoms with Gasteiger partial charge in [0.05, 0.1) is 17.8 Å². The van der Waals surface area contributed by atoms with Crippen molar-refractivity contribution in [3.05, 3.63) is 23.2 Å². The molecule has 0 saturated carbocycles. The highest BCUT2D eigenvalue weighted by atomic mass is 35.5. The number of hydrogen-bond donors (Lipinski definition) is 0. The van der Waals surface area contributed by atoms with Crippen LogP contribution in [0.2, 0.25) is 5.02 Å². The molecule has 110 valence electrons. The molecule has 3 nitrogen and oxygen atoms in total. The average molecular weight is 295 g/mol. The maximum Gasteiger partial charge on any atom is 0.121 e. The summed E-state index contributed by atoms with van der Waals surface area (Å²) < 4.78 is 5.34. The van der Waals surface area contributed by atoms with Crippen molar-refractivity contribution >= 4 is 17.3 Å². The number of piperidine rings is 1. The van der Waals surface area contributed by atoms with E-state index < -0.39 is 0 Å². The van der Waals surface area contributed by atoms with Gasteiger partial charge in [0.15, 0.2) is 0 Å². The number of rotatable bonds is 2. The molecule has 3 rings (SSSR count). The van der Waals surface area contributed by atoms with Crippen molar-refractivity contribution < 1.29 is 4.74 Å². The third-order valence-corrected chi connectivity index (χ3v) is 4.87. The zero-order valence-electron chi connectivity index (χ0n) is 12.1. The van der Waals surface area contributed by atoms with E-state index >= 15 is 0 Å². The van der Waals surface area contributed by atoms with Gasteiger partial charge in [-0.1, -0.05) is 18.0 Å². The Morgan fingerprint density at radius 3 is 2.85 bits per heavy atom. The SMILES string of the molecule is COc1ccc(Cl)c(N2CCCN3CCCCC3C2)c1. The van der Waals surface area contributed by atoms with Crippen LogP contribution in [-0.2, 0) is 0 Å². The first-order valence-electron chi connectivity index (χ1n) is 7.60. The van der Waals surface area contributed by atoms with Crippen LogP contribution in [0.5, 0.6) is 5.75 Å².